The van der Waals surface area contributed by atoms with E-state index < -0.39 is 0 Å². The van der Waals surface area contributed by atoms with E-state index in [4.69, 9.17) is 18.0 Å². The first-order valence-corrected chi connectivity index (χ1v) is 6.37. The number of nitrogens with two attached hydrogens (primary N) is 1. The molecule has 1 aromatic heterocycles. The number of rotatable bonds is 7. The molecular weight excluding hydrogens is 234 g/mol. The molecule has 1 atom stereocenters. The number of aromatic nitrogens is 3. The Labute approximate surface area is 108 Å². The van der Waals surface area contributed by atoms with Gasteiger partial charge in [0.2, 0.25) is 0 Å². The molecule has 1 rings (SSSR count). The molecule has 0 radical (unpaired) electrons. The molecule has 0 fully saturated rings. The average Bonchev–Trinajstić information content (AvgIpc) is 2.75. The minimum Gasteiger partial charge on any atom is -0.393 e. The Morgan fingerprint density at radius 2 is 2.29 bits per heavy atom. The monoisotopic (exact) mass is 255 g/mol. The molecule has 0 amide bonds. The van der Waals surface area contributed by atoms with E-state index in [1.807, 2.05) is 4.68 Å². The summed E-state index contributed by atoms with van der Waals surface area (Å²) in [6.07, 6.45) is 1.60. The Morgan fingerprint density at radius 3 is 2.82 bits per heavy atom. The fraction of sp³-hybridized carbons (Fsp3) is 0.727. The van der Waals surface area contributed by atoms with Gasteiger partial charge < -0.3 is 5.73 Å². The summed E-state index contributed by atoms with van der Waals surface area (Å²) in [6, 6.07) is 0. The predicted octanol–water partition coefficient (Wildman–Crippen LogP) is 1.04. The van der Waals surface area contributed by atoms with E-state index in [1.54, 1.807) is 6.33 Å². The van der Waals surface area contributed by atoms with Gasteiger partial charge in [-0.3, -0.25) is 4.90 Å². The van der Waals surface area contributed by atoms with Crippen molar-refractivity contribution in [1.29, 1.82) is 0 Å². The first-order valence-electron chi connectivity index (χ1n) is 5.96. The molecule has 96 valence electrons. The molecule has 0 aromatic carbocycles. The fourth-order valence-corrected chi connectivity index (χ4v) is 1.73. The average molecular weight is 255 g/mol. The zero-order valence-corrected chi connectivity index (χ0v) is 11.6. The highest BCUT2D eigenvalue weighted by molar-refractivity contribution is 7.80. The van der Waals surface area contributed by atoms with E-state index >= 15 is 0 Å². The number of aryl methyl sites for hydroxylation is 1. The maximum atomic E-state index is 5.64. The van der Waals surface area contributed by atoms with Crippen molar-refractivity contribution in [2.45, 2.75) is 33.9 Å². The van der Waals surface area contributed by atoms with Crippen LogP contribution in [0.1, 0.15) is 26.6 Å². The van der Waals surface area contributed by atoms with Gasteiger partial charge in [-0.1, -0.05) is 26.1 Å². The molecule has 1 unspecified atom stereocenters. The summed E-state index contributed by atoms with van der Waals surface area (Å²) in [5.41, 5.74) is 5.64. The van der Waals surface area contributed by atoms with Crippen molar-refractivity contribution in [2.75, 3.05) is 13.1 Å². The molecule has 6 heteroatoms. The lowest BCUT2D eigenvalue weighted by Gasteiger charge is -2.23. The SMILES string of the molecule is CCN(Cc1ncnn1CC)CC(C)C(N)=S. The van der Waals surface area contributed by atoms with Crippen molar-refractivity contribution >= 4 is 17.2 Å². The highest BCUT2D eigenvalue weighted by Crippen LogP contribution is 2.05. The van der Waals surface area contributed by atoms with Gasteiger partial charge in [0.25, 0.3) is 0 Å². The van der Waals surface area contributed by atoms with Crippen molar-refractivity contribution in [3.63, 3.8) is 0 Å². The van der Waals surface area contributed by atoms with Crippen LogP contribution >= 0.6 is 12.2 Å². The van der Waals surface area contributed by atoms with Gasteiger partial charge in [-0.15, -0.1) is 0 Å². The van der Waals surface area contributed by atoms with Crippen molar-refractivity contribution < 1.29 is 0 Å². The number of nitrogens with zero attached hydrogens (tertiary/aromatic N) is 4. The lowest BCUT2D eigenvalue weighted by Crippen LogP contribution is -2.34. The molecule has 5 nitrogen and oxygen atoms in total. The molecule has 0 spiro atoms. The van der Waals surface area contributed by atoms with E-state index in [-0.39, 0.29) is 5.92 Å². The standard InChI is InChI=1S/C11H21N5S/c1-4-15(6-9(3)11(12)17)7-10-13-8-14-16(10)5-2/h8-9H,4-7H2,1-3H3,(H2,12,17). The van der Waals surface area contributed by atoms with Gasteiger partial charge in [-0.2, -0.15) is 5.10 Å². The Kier molecular flexibility index (Phi) is 5.50. The Bertz CT molecular complexity index is 362. The molecule has 0 aliphatic carbocycles. The van der Waals surface area contributed by atoms with Gasteiger partial charge in [0.15, 0.2) is 0 Å². The predicted molar refractivity (Wildman–Crippen MR) is 72.6 cm³/mol. The maximum Gasteiger partial charge on any atom is 0.140 e. The van der Waals surface area contributed by atoms with E-state index in [1.165, 1.54) is 0 Å². The molecule has 1 aromatic rings. The lowest BCUT2D eigenvalue weighted by atomic mass is 10.1. The third-order valence-corrected chi connectivity index (χ3v) is 3.23. The van der Waals surface area contributed by atoms with Crippen LogP contribution in [0.3, 0.4) is 0 Å². The molecule has 0 saturated heterocycles. The Balaban J connectivity index is 2.61. The van der Waals surface area contributed by atoms with Crippen LogP contribution in [0.4, 0.5) is 0 Å². The minimum atomic E-state index is 0.225. The van der Waals surface area contributed by atoms with Crippen LogP contribution in [0.2, 0.25) is 0 Å². The highest BCUT2D eigenvalue weighted by atomic mass is 32.1. The zero-order valence-electron chi connectivity index (χ0n) is 10.8. The number of hydrogen-bond donors (Lipinski definition) is 1. The summed E-state index contributed by atoms with van der Waals surface area (Å²) in [5.74, 6) is 1.22. The summed E-state index contributed by atoms with van der Waals surface area (Å²) >= 11 is 5.00. The van der Waals surface area contributed by atoms with Crippen molar-refractivity contribution in [3.8, 4) is 0 Å². The molecule has 0 aliphatic rings. The second kappa shape index (κ2) is 6.66. The summed E-state index contributed by atoms with van der Waals surface area (Å²) < 4.78 is 1.91. The molecule has 0 aliphatic heterocycles. The highest BCUT2D eigenvalue weighted by Gasteiger charge is 2.13. The summed E-state index contributed by atoms with van der Waals surface area (Å²) in [4.78, 5) is 7.12. The second-order valence-electron chi connectivity index (χ2n) is 4.12. The quantitative estimate of drug-likeness (QED) is 0.738. The van der Waals surface area contributed by atoms with Crippen LogP contribution in [-0.2, 0) is 13.1 Å². The van der Waals surface area contributed by atoms with Crippen LogP contribution in [0.15, 0.2) is 6.33 Å². The molecular formula is C11H21N5S. The third-order valence-electron chi connectivity index (χ3n) is 2.83. The molecule has 0 saturated carbocycles. The van der Waals surface area contributed by atoms with Gasteiger partial charge >= 0.3 is 0 Å². The van der Waals surface area contributed by atoms with Gasteiger partial charge in [-0.05, 0) is 13.5 Å². The van der Waals surface area contributed by atoms with E-state index in [9.17, 15) is 0 Å². The van der Waals surface area contributed by atoms with Crippen LogP contribution in [-0.4, -0.2) is 37.7 Å². The topological polar surface area (TPSA) is 60.0 Å². The van der Waals surface area contributed by atoms with E-state index in [2.05, 4.69) is 35.8 Å². The Morgan fingerprint density at radius 1 is 1.59 bits per heavy atom. The number of hydrogen-bond acceptors (Lipinski definition) is 4. The van der Waals surface area contributed by atoms with Crippen LogP contribution in [0.5, 0.6) is 0 Å². The van der Waals surface area contributed by atoms with Gasteiger partial charge in [0.1, 0.15) is 12.2 Å². The van der Waals surface area contributed by atoms with Crippen LogP contribution in [0, 0.1) is 5.92 Å². The van der Waals surface area contributed by atoms with Crippen molar-refractivity contribution in [2.24, 2.45) is 11.7 Å². The minimum absolute atomic E-state index is 0.225. The van der Waals surface area contributed by atoms with Crippen molar-refractivity contribution in [3.05, 3.63) is 12.2 Å². The van der Waals surface area contributed by atoms with Crippen molar-refractivity contribution in [1.82, 2.24) is 19.7 Å². The maximum absolute atomic E-state index is 5.64. The van der Waals surface area contributed by atoms with E-state index in [0.29, 0.717) is 4.99 Å². The Hall–Kier alpha value is -1.01. The fourth-order valence-electron chi connectivity index (χ4n) is 1.66. The molecule has 0 bridgehead atoms. The first kappa shape index (κ1) is 14.1. The number of thiocarbonyl (C=S) groups is 1. The van der Waals surface area contributed by atoms with Crippen LogP contribution < -0.4 is 5.73 Å². The summed E-state index contributed by atoms with van der Waals surface area (Å²) in [6.45, 7) is 9.68. The molecule has 17 heavy (non-hydrogen) atoms. The van der Waals surface area contributed by atoms with Gasteiger partial charge in [0, 0.05) is 19.0 Å². The molecule has 1 heterocycles. The first-order chi connectivity index (χ1) is 8.08. The zero-order chi connectivity index (χ0) is 12.8. The smallest absolute Gasteiger partial charge is 0.140 e. The van der Waals surface area contributed by atoms with Crippen LogP contribution in [0.25, 0.3) is 0 Å². The largest absolute Gasteiger partial charge is 0.393 e. The third kappa shape index (κ3) is 4.05. The lowest BCUT2D eigenvalue weighted by molar-refractivity contribution is 0.253. The molecule has 2 N–H and O–H groups in total. The van der Waals surface area contributed by atoms with Gasteiger partial charge in [-0.25, -0.2) is 9.67 Å². The normalized spacial score (nSPS) is 12.9. The van der Waals surface area contributed by atoms with E-state index in [0.717, 1.165) is 32.0 Å². The summed E-state index contributed by atoms with van der Waals surface area (Å²) in [5, 5.41) is 4.16. The summed E-state index contributed by atoms with van der Waals surface area (Å²) in [7, 11) is 0. The van der Waals surface area contributed by atoms with Gasteiger partial charge in [0.05, 0.1) is 11.5 Å². The second-order valence-corrected chi connectivity index (χ2v) is 4.59.